The van der Waals surface area contributed by atoms with E-state index in [1.807, 2.05) is 6.07 Å². The van der Waals surface area contributed by atoms with Crippen molar-refractivity contribution in [2.24, 2.45) is 0 Å². The summed E-state index contributed by atoms with van der Waals surface area (Å²) < 4.78 is 84.0. The quantitative estimate of drug-likeness (QED) is 0.474. The minimum atomic E-state index is -4.91. The Bertz CT molecular complexity index is 945. The van der Waals surface area contributed by atoms with Crippen LogP contribution in [0.4, 0.5) is 26.3 Å². The maximum absolute atomic E-state index is 12.9. The summed E-state index contributed by atoms with van der Waals surface area (Å²) in [4.78, 5) is 4.03. The van der Waals surface area contributed by atoms with Crippen LogP contribution in [0.5, 0.6) is 0 Å². The minimum Gasteiger partial charge on any atom is -0.332 e. The van der Waals surface area contributed by atoms with Crippen molar-refractivity contribution >= 4 is 12.2 Å². The van der Waals surface area contributed by atoms with Gasteiger partial charge in [-0.3, -0.25) is 0 Å². The Morgan fingerprint density at radius 3 is 2.04 bits per heavy atom. The lowest BCUT2D eigenvalue weighted by Gasteiger charge is -2.12. The number of rotatable bonds is 4. The van der Waals surface area contributed by atoms with Crippen LogP contribution in [0.15, 0.2) is 53.3 Å². The summed E-state index contributed by atoms with van der Waals surface area (Å²) in [5.74, 6) is 0.258. The number of halogens is 6. The first-order chi connectivity index (χ1) is 13.1. The van der Waals surface area contributed by atoms with E-state index in [0.29, 0.717) is 12.1 Å². The first-order valence-electron chi connectivity index (χ1n) is 7.85. The molecule has 1 aromatic carbocycles. The van der Waals surface area contributed by atoms with Gasteiger partial charge < -0.3 is 4.52 Å². The van der Waals surface area contributed by atoms with E-state index in [1.165, 1.54) is 6.08 Å². The van der Waals surface area contributed by atoms with Crippen LogP contribution in [0.25, 0.3) is 12.2 Å². The predicted molar refractivity (Wildman–Crippen MR) is 85.4 cm³/mol. The van der Waals surface area contributed by atoms with Gasteiger partial charge in [0.1, 0.15) is 0 Å². The summed E-state index contributed by atoms with van der Waals surface area (Å²) in [6, 6.07) is 6.72. The molecule has 28 heavy (non-hydrogen) atoms. The van der Waals surface area contributed by atoms with Crippen LogP contribution < -0.4 is 4.57 Å². The van der Waals surface area contributed by atoms with E-state index in [9.17, 15) is 26.3 Å². The highest BCUT2D eigenvalue weighted by molar-refractivity contribution is 5.67. The second kappa shape index (κ2) is 7.45. The fraction of sp³-hybridized carbons (Fsp3) is 0.167. The molecule has 0 N–H and O–H groups in total. The van der Waals surface area contributed by atoms with Gasteiger partial charge in [-0.2, -0.15) is 35.9 Å². The zero-order chi connectivity index (χ0) is 20.4. The third kappa shape index (κ3) is 4.96. The molecule has 4 nitrogen and oxygen atoms in total. The predicted octanol–water partition coefficient (Wildman–Crippen LogP) is 4.61. The van der Waals surface area contributed by atoms with Crippen LogP contribution in [-0.4, -0.2) is 10.1 Å². The van der Waals surface area contributed by atoms with Crippen molar-refractivity contribution in [1.29, 1.82) is 0 Å². The molecule has 0 amide bonds. The Morgan fingerprint density at radius 1 is 0.857 bits per heavy atom. The monoisotopic (exact) mass is 400 g/mol. The van der Waals surface area contributed by atoms with Crippen LogP contribution in [0.3, 0.4) is 0 Å². The number of hydrogen-bond acceptors (Lipinski definition) is 3. The molecule has 0 saturated heterocycles. The molecule has 0 radical (unpaired) electrons. The van der Waals surface area contributed by atoms with Gasteiger partial charge in [0.15, 0.2) is 18.2 Å². The molecule has 0 fully saturated rings. The van der Waals surface area contributed by atoms with Crippen molar-refractivity contribution in [2.45, 2.75) is 18.9 Å². The van der Waals surface area contributed by atoms with Crippen molar-refractivity contribution in [1.82, 2.24) is 10.1 Å². The summed E-state index contributed by atoms with van der Waals surface area (Å²) in [7, 11) is 0. The highest BCUT2D eigenvalue weighted by atomic mass is 19.4. The van der Waals surface area contributed by atoms with Gasteiger partial charge in [0.05, 0.1) is 11.1 Å². The molecule has 3 aromatic rings. The van der Waals surface area contributed by atoms with Crippen LogP contribution in [0.1, 0.15) is 28.4 Å². The maximum atomic E-state index is 12.9. The molecule has 0 saturated carbocycles. The maximum Gasteiger partial charge on any atom is 0.416 e. The average molecular weight is 400 g/mol. The third-order valence-corrected chi connectivity index (χ3v) is 3.61. The molecule has 0 aliphatic rings. The minimum absolute atomic E-state index is 0.0255. The van der Waals surface area contributed by atoms with Crippen molar-refractivity contribution in [3.05, 3.63) is 77.2 Å². The summed E-state index contributed by atoms with van der Waals surface area (Å²) in [5, 5.41) is 3.64. The molecule has 3 rings (SSSR count). The molecule has 0 spiro atoms. The van der Waals surface area contributed by atoms with Crippen LogP contribution in [-0.2, 0) is 18.9 Å². The van der Waals surface area contributed by atoms with E-state index >= 15 is 0 Å². The standard InChI is InChI=1S/C18H12F6N3O/c19-17(20,21)13-8-12(9-14(10-13)18(22,23)24)4-5-15-25-16(28-26-15)11-27-6-2-1-3-7-27/h1-10H,11H2/q+1/b5-4+. The highest BCUT2D eigenvalue weighted by Gasteiger charge is 2.36. The second-order valence-corrected chi connectivity index (χ2v) is 5.77. The number of hydrogen-bond donors (Lipinski definition) is 0. The van der Waals surface area contributed by atoms with E-state index in [-0.39, 0.29) is 29.9 Å². The molecule has 2 aromatic heterocycles. The zero-order valence-corrected chi connectivity index (χ0v) is 14.0. The molecule has 146 valence electrons. The van der Waals surface area contributed by atoms with Gasteiger partial charge in [0, 0.05) is 12.1 Å². The molecule has 0 atom stereocenters. The Morgan fingerprint density at radius 2 is 1.46 bits per heavy atom. The van der Waals surface area contributed by atoms with E-state index in [2.05, 4.69) is 10.1 Å². The molecule has 0 aliphatic carbocycles. The second-order valence-electron chi connectivity index (χ2n) is 5.77. The number of pyridine rings is 1. The number of nitrogens with zero attached hydrogens (tertiary/aromatic N) is 3. The molecule has 10 heteroatoms. The number of benzene rings is 1. The third-order valence-electron chi connectivity index (χ3n) is 3.61. The normalized spacial score (nSPS) is 12.6. The smallest absolute Gasteiger partial charge is 0.332 e. The Labute approximate surface area is 154 Å². The number of alkyl halides is 6. The topological polar surface area (TPSA) is 42.8 Å². The van der Waals surface area contributed by atoms with Crippen molar-refractivity contribution in [2.75, 3.05) is 0 Å². The summed E-state index contributed by atoms with van der Waals surface area (Å²) in [6.45, 7) is 0.267. The van der Waals surface area contributed by atoms with Crippen LogP contribution >= 0.6 is 0 Å². The molecular formula is C18H12F6N3O+. The molecule has 2 heterocycles. The Hall–Kier alpha value is -3.17. The molecule has 0 aliphatic heterocycles. The summed E-state index contributed by atoms with van der Waals surface area (Å²) in [6.07, 6.45) is -4.04. The van der Waals surface area contributed by atoms with E-state index in [4.69, 9.17) is 4.52 Å². The fourth-order valence-corrected chi connectivity index (χ4v) is 2.34. The van der Waals surface area contributed by atoms with E-state index < -0.39 is 23.5 Å². The van der Waals surface area contributed by atoms with Gasteiger partial charge in [0.25, 0.3) is 5.89 Å². The first-order valence-corrected chi connectivity index (χ1v) is 7.85. The van der Waals surface area contributed by atoms with Crippen molar-refractivity contribution in [3.8, 4) is 0 Å². The molecular weight excluding hydrogens is 388 g/mol. The lowest BCUT2D eigenvalue weighted by Crippen LogP contribution is -2.32. The highest BCUT2D eigenvalue weighted by Crippen LogP contribution is 2.36. The van der Waals surface area contributed by atoms with Crippen molar-refractivity contribution < 1.29 is 35.4 Å². The molecule has 0 bridgehead atoms. The summed E-state index contributed by atoms with van der Waals surface area (Å²) >= 11 is 0. The zero-order valence-electron chi connectivity index (χ0n) is 14.0. The fourth-order valence-electron chi connectivity index (χ4n) is 2.34. The lowest BCUT2D eigenvalue weighted by molar-refractivity contribution is -0.690. The largest absolute Gasteiger partial charge is 0.416 e. The van der Waals surface area contributed by atoms with Crippen LogP contribution in [0.2, 0.25) is 0 Å². The van der Waals surface area contributed by atoms with E-state index in [1.54, 1.807) is 29.1 Å². The SMILES string of the molecule is FC(F)(F)c1cc(/C=C/c2noc(C[n+]3ccccc3)n2)cc(C(F)(F)F)c1. The van der Waals surface area contributed by atoms with Gasteiger partial charge >= 0.3 is 12.4 Å². The first kappa shape index (κ1) is 19.6. The van der Waals surface area contributed by atoms with Gasteiger partial charge in [-0.15, -0.1) is 0 Å². The van der Waals surface area contributed by atoms with Gasteiger partial charge in [0.2, 0.25) is 6.54 Å². The Kier molecular flexibility index (Phi) is 5.21. The van der Waals surface area contributed by atoms with Crippen molar-refractivity contribution in [3.63, 3.8) is 0 Å². The summed E-state index contributed by atoms with van der Waals surface area (Å²) in [5.41, 5.74) is -3.07. The van der Waals surface area contributed by atoms with E-state index in [0.717, 1.165) is 6.08 Å². The Balaban J connectivity index is 1.84. The lowest BCUT2D eigenvalue weighted by atomic mass is 10.0. The van der Waals surface area contributed by atoms with Crippen LogP contribution in [0, 0.1) is 0 Å². The van der Waals surface area contributed by atoms with Gasteiger partial charge in [-0.25, -0.2) is 0 Å². The number of aromatic nitrogens is 3. The average Bonchev–Trinajstić information content (AvgIpc) is 3.06. The van der Waals surface area contributed by atoms with Gasteiger partial charge in [-0.05, 0) is 29.8 Å². The molecule has 0 unspecified atom stereocenters. The van der Waals surface area contributed by atoms with Gasteiger partial charge in [-0.1, -0.05) is 17.3 Å².